The molecule has 0 atom stereocenters. The summed E-state index contributed by atoms with van der Waals surface area (Å²) in [5.41, 5.74) is 5.10. The summed E-state index contributed by atoms with van der Waals surface area (Å²) in [5, 5.41) is 7.06. The first-order chi connectivity index (χ1) is 14.1. The third kappa shape index (κ3) is 6.79. The van der Waals surface area contributed by atoms with Gasteiger partial charge in [0.15, 0.2) is 5.96 Å². The van der Waals surface area contributed by atoms with Crippen molar-refractivity contribution in [3.05, 3.63) is 59.7 Å². The zero-order valence-electron chi connectivity index (χ0n) is 18.7. The fourth-order valence-corrected chi connectivity index (χ4v) is 3.73. The van der Waals surface area contributed by atoms with Gasteiger partial charge < -0.3 is 20.4 Å². The lowest BCUT2D eigenvalue weighted by Gasteiger charge is -2.34. The number of halogens is 1. The van der Waals surface area contributed by atoms with E-state index in [0.29, 0.717) is 12.6 Å². The SMILES string of the molecule is CCNC(=NCc1ccc(N(C)C)cc1C)NC1CCN(c2ccccc2)CC1.I. The van der Waals surface area contributed by atoms with Crippen molar-refractivity contribution in [3.63, 3.8) is 0 Å². The highest BCUT2D eigenvalue weighted by atomic mass is 127. The number of hydrogen-bond acceptors (Lipinski definition) is 3. The zero-order chi connectivity index (χ0) is 20.6. The van der Waals surface area contributed by atoms with Gasteiger partial charge in [-0.05, 0) is 62.1 Å². The van der Waals surface area contributed by atoms with Crippen molar-refractivity contribution >= 4 is 41.3 Å². The summed E-state index contributed by atoms with van der Waals surface area (Å²) in [4.78, 5) is 9.46. The zero-order valence-corrected chi connectivity index (χ0v) is 21.0. The van der Waals surface area contributed by atoms with Gasteiger partial charge in [-0.2, -0.15) is 0 Å². The van der Waals surface area contributed by atoms with Crippen molar-refractivity contribution in [3.8, 4) is 0 Å². The molecule has 2 aromatic carbocycles. The van der Waals surface area contributed by atoms with Crippen molar-refractivity contribution in [1.82, 2.24) is 10.6 Å². The molecule has 30 heavy (non-hydrogen) atoms. The van der Waals surface area contributed by atoms with Crippen LogP contribution < -0.4 is 20.4 Å². The van der Waals surface area contributed by atoms with E-state index in [4.69, 9.17) is 4.99 Å². The molecule has 5 nitrogen and oxygen atoms in total. The second-order valence-corrected chi connectivity index (χ2v) is 7.94. The number of guanidine groups is 1. The molecule has 0 bridgehead atoms. The molecule has 2 N–H and O–H groups in total. The molecule has 1 aliphatic rings. The third-order valence-electron chi connectivity index (χ3n) is 5.55. The van der Waals surface area contributed by atoms with Crippen LogP contribution in [0.4, 0.5) is 11.4 Å². The molecule has 0 saturated carbocycles. The molecule has 0 unspecified atom stereocenters. The van der Waals surface area contributed by atoms with E-state index in [1.807, 2.05) is 0 Å². The van der Waals surface area contributed by atoms with E-state index < -0.39 is 0 Å². The normalized spacial score (nSPS) is 14.8. The van der Waals surface area contributed by atoms with Gasteiger partial charge >= 0.3 is 0 Å². The van der Waals surface area contributed by atoms with Gasteiger partial charge in [0.1, 0.15) is 0 Å². The van der Waals surface area contributed by atoms with Gasteiger partial charge in [-0.1, -0.05) is 24.3 Å². The molecule has 1 heterocycles. The van der Waals surface area contributed by atoms with E-state index in [1.54, 1.807) is 0 Å². The van der Waals surface area contributed by atoms with Gasteiger partial charge in [-0.15, -0.1) is 24.0 Å². The molecule has 0 aromatic heterocycles. The Morgan fingerprint density at radius 3 is 2.40 bits per heavy atom. The van der Waals surface area contributed by atoms with Crippen molar-refractivity contribution in [2.24, 2.45) is 4.99 Å². The number of para-hydroxylation sites is 1. The highest BCUT2D eigenvalue weighted by Crippen LogP contribution is 2.20. The molecule has 6 heteroatoms. The molecular weight excluding hydrogens is 485 g/mol. The van der Waals surface area contributed by atoms with Gasteiger partial charge in [-0.25, -0.2) is 4.99 Å². The fraction of sp³-hybridized carbons (Fsp3) is 0.458. The molecular formula is C24H36IN5. The number of rotatable bonds is 6. The van der Waals surface area contributed by atoms with Crippen LogP contribution in [0.15, 0.2) is 53.5 Å². The Hall–Kier alpha value is -1.96. The van der Waals surface area contributed by atoms with E-state index >= 15 is 0 Å². The van der Waals surface area contributed by atoms with E-state index in [-0.39, 0.29) is 24.0 Å². The topological polar surface area (TPSA) is 42.9 Å². The van der Waals surface area contributed by atoms with E-state index in [0.717, 1.165) is 38.4 Å². The van der Waals surface area contributed by atoms with Crippen molar-refractivity contribution in [1.29, 1.82) is 0 Å². The summed E-state index contributed by atoms with van der Waals surface area (Å²) in [6, 6.07) is 17.7. The molecule has 164 valence electrons. The molecule has 3 rings (SSSR count). The summed E-state index contributed by atoms with van der Waals surface area (Å²) in [5.74, 6) is 0.918. The number of benzene rings is 2. The summed E-state index contributed by atoms with van der Waals surface area (Å²) >= 11 is 0. The average Bonchev–Trinajstić information content (AvgIpc) is 2.74. The van der Waals surface area contributed by atoms with Crippen LogP contribution in [0, 0.1) is 6.92 Å². The minimum Gasteiger partial charge on any atom is -0.378 e. The van der Waals surface area contributed by atoms with Crippen LogP contribution in [0.5, 0.6) is 0 Å². The largest absolute Gasteiger partial charge is 0.378 e. The molecule has 1 saturated heterocycles. The quantitative estimate of drug-likeness (QED) is 0.336. The number of nitrogens with one attached hydrogen (secondary N) is 2. The first-order valence-electron chi connectivity index (χ1n) is 10.7. The smallest absolute Gasteiger partial charge is 0.191 e. The minimum atomic E-state index is 0. The number of aliphatic imine (C=N–C) groups is 1. The second-order valence-electron chi connectivity index (χ2n) is 7.94. The first-order valence-corrected chi connectivity index (χ1v) is 10.7. The standard InChI is InChI=1S/C24H35N5.HI/c1-5-25-24(26-18-20-11-12-23(28(3)4)17-19(20)2)27-21-13-15-29(16-14-21)22-9-7-6-8-10-22;/h6-12,17,21H,5,13-16,18H2,1-4H3,(H2,25,26,27);1H. The van der Waals surface area contributed by atoms with E-state index in [1.165, 1.54) is 22.5 Å². The summed E-state index contributed by atoms with van der Waals surface area (Å²) in [6.07, 6.45) is 2.24. The van der Waals surface area contributed by atoms with E-state index in [9.17, 15) is 0 Å². The second kappa shape index (κ2) is 12.0. The summed E-state index contributed by atoms with van der Waals surface area (Å²) < 4.78 is 0. The maximum atomic E-state index is 4.86. The average molecular weight is 521 g/mol. The van der Waals surface area contributed by atoms with Gasteiger partial charge in [0, 0.05) is 51.1 Å². The van der Waals surface area contributed by atoms with Crippen LogP contribution >= 0.6 is 24.0 Å². The van der Waals surface area contributed by atoms with Crippen LogP contribution in [-0.4, -0.2) is 45.7 Å². The number of piperidine rings is 1. The Kier molecular flexibility index (Phi) is 9.75. The van der Waals surface area contributed by atoms with Crippen molar-refractivity contribution in [2.75, 3.05) is 43.5 Å². The predicted octanol–water partition coefficient (Wildman–Crippen LogP) is 4.40. The number of hydrogen-bond donors (Lipinski definition) is 2. The maximum absolute atomic E-state index is 4.86. The van der Waals surface area contributed by atoms with Crippen molar-refractivity contribution in [2.45, 2.75) is 39.3 Å². The maximum Gasteiger partial charge on any atom is 0.191 e. The predicted molar refractivity (Wildman–Crippen MR) is 141 cm³/mol. The molecule has 0 radical (unpaired) electrons. The Balaban J connectivity index is 0.00000320. The molecule has 0 amide bonds. The lowest BCUT2D eigenvalue weighted by molar-refractivity contribution is 0.461. The van der Waals surface area contributed by atoms with E-state index in [2.05, 4.69) is 96.9 Å². The van der Waals surface area contributed by atoms with Crippen LogP contribution in [0.25, 0.3) is 0 Å². The Bertz CT molecular complexity index is 798. The fourth-order valence-electron chi connectivity index (χ4n) is 3.73. The molecule has 2 aromatic rings. The van der Waals surface area contributed by atoms with Crippen LogP contribution in [0.2, 0.25) is 0 Å². The Labute approximate surface area is 199 Å². The molecule has 0 spiro atoms. The monoisotopic (exact) mass is 521 g/mol. The number of anilines is 2. The van der Waals surface area contributed by atoms with Gasteiger partial charge in [0.2, 0.25) is 0 Å². The number of nitrogens with zero attached hydrogens (tertiary/aromatic N) is 3. The van der Waals surface area contributed by atoms with Gasteiger partial charge in [0.25, 0.3) is 0 Å². The number of aryl methyl sites for hydroxylation is 1. The van der Waals surface area contributed by atoms with Gasteiger partial charge in [0.05, 0.1) is 6.54 Å². The van der Waals surface area contributed by atoms with Gasteiger partial charge in [-0.3, -0.25) is 0 Å². The van der Waals surface area contributed by atoms with Crippen LogP contribution in [0.1, 0.15) is 30.9 Å². The lowest BCUT2D eigenvalue weighted by atomic mass is 10.0. The highest BCUT2D eigenvalue weighted by molar-refractivity contribution is 14.0. The Morgan fingerprint density at radius 1 is 1.10 bits per heavy atom. The summed E-state index contributed by atoms with van der Waals surface area (Å²) in [6.45, 7) is 7.99. The molecule has 0 aliphatic carbocycles. The minimum absolute atomic E-state index is 0. The van der Waals surface area contributed by atoms with Crippen LogP contribution in [0.3, 0.4) is 0 Å². The lowest BCUT2D eigenvalue weighted by Crippen LogP contribution is -2.48. The van der Waals surface area contributed by atoms with Crippen LogP contribution in [-0.2, 0) is 6.54 Å². The molecule has 1 aliphatic heterocycles. The summed E-state index contributed by atoms with van der Waals surface area (Å²) in [7, 11) is 4.14. The third-order valence-corrected chi connectivity index (χ3v) is 5.55. The highest BCUT2D eigenvalue weighted by Gasteiger charge is 2.20. The van der Waals surface area contributed by atoms with Crippen molar-refractivity contribution < 1.29 is 0 Å². The molecule has 1 fully saturated rings. The first kappa shape index (κ1) is 24.3. The Morgan fingerprint density at radius 2 is 1.80 bits per heavy atom.